The summed E-state index contributed by atoms with van der Waals surface area (Å²) in [6, 6.07) is 11.4. The number of carbonyl (C=O) groups is 2. The molecule has 178 valence electrons. The van der Waals surface area contributed by atoms with E-state index in [1.807, 2.05) is 58.0 Å². The van der Waals surface area contributed by atoms with Crippen LogP contribution in [-0.2, 0) is 4.74 Å². The summed E-state index contributed by atoms with van der Waals surface area (Å²) in [6.45, 7) is 9.94. The molecule has 0 bridgehead atoms. The fraction of sp³-hybridized carbons (Fsp3) is 0.360. The largest absolute Gasteiger partial charge is 0.444 e. The van der Waals surface area contributed by atoms with Crippen LogP contribution >= 0.6 is 11.3 Å². The number of piperazine rings is 1. The average Bonchev–Trinajstić information content (AvgIpc) is 3.25. The minimum absolute atomic E-state index is 0.295. The number of amides is 2. The number of nitrogens with one attached hydrogen (secondary N) is 1. The number of nitrogens with zero attached hydrogens (tertiary/aromatic N) is 4. The number of pyridine rings is 2. The van der Waals surface area contributed by atoms with Crippen LogP contribution in [0.25, 0.3) is 10.6 Å². The SMILES string of the molecule is Cc1ccc(-c2cccc(C(=O)Nc3cnccc3N3CCN(C(=O)OC(C)(C)C)CC3)n2)s1. The van der Waals surface area contributed by atoms with Crippen molar-refractivity contribution in [2.45, 2.75) is 33.3 Å². The second-order valence-corrected chi connectivity index (χ2v) is 10.4. The molecular formula is C25H29N5O3S. The van der Waals surface area contributed by atoms with Gasteiger partial charge in [-0.05, 0) is 58.0 Å². The van der Waals surface area contributed by atoms with Crippen LogP contribution in [0, 0.1) is 6.92 Å². The summed E-state index contributed by atoms with van der Waals surface area (Å²) < 4.78 is 5.48. The third kappa shape index (κ3) is 5.72. The molecule has 1 saturated heterocycles. The van der Waals surface area contributed by atoms with Gasteiger partial charge in [0.1, 0.15) is 11.3 Å². The predicted octanol–water partition coefficient (Wildman–Crippen LogP) is 4.82. The third-order valence-electron chi connectivity index (χ3n) is 5.29. The number of anilines is 2. The van der Waals surface area contributed by atoms with Crippen molar-refractivity contribution in [2.75, 3.05) is 36.4 Å². The second-order valence-electron chi connectivity index (χ2n) is 9.12. The number of rotatable bonds is 4. The Morgan fingerprint density at radius 1 is 1.06 bits per heavy atom. The van der Waals surface area contributed by atoms with Crippen molar-refractivity contribution in [3.8, 4) is 10.6 Å². The summed E-state index contributed by atoms with van der Waals surface area (Å²) >= 11 is 1.64. The van der Waals surface area contributed by atoms with Crippen LogP contribution in [0.1, 0.15) is 36.1 Å². The van der Waals surface area contributed by atoms with Crippen LogP contribution in [0.4, 0.5) is 16.2 Å². The second kappa shape index (κ2) is 9.80. The van der Waals surface area contributed by atoms with Gasteiger partial charge in [0, 0.05) is 37.3 Å². The van der Waals surface area contributed by atoms with E-state index in [1.54, 1.807) is 34.7 Å². The lowest BCUT2D eigenvalue weighted by Gasteiger charge is -2.37. The van der Waals surface area contributed by atoms with Gasteiger partial charge in [-0.15, -0.1) is 11.3 Å². The maximum Gasteiger partial charge on any atom is 0.410 e. The lowest BCUT2D eigenvalue weighted by molar-refractivity contribution is 0.0240. The van der Waals surface area contributed by atoms with Crippen molar-refractivity contribution in [1.29, 1.82) is 0 Å². The van der Waals surface area contributed by atoms with Gasteiger partial charge in [0.2, 0.25) is 0 Å². The van der Waals surface area contributed by atoms with Crippen LogP contribution in [0.3, 0.4) is 0 Å². The molecule has 2 amide bonds. The highest BCUT2D eigenvalue weighted by Gasteiger charge is 2.27. The average molecular weight is 480 g/mol. The molecular weight excluding hydrogens is 450 g/mol. The Morgan fingerprint density at radius 2 is 1.82 bits per heavy atom. The molecule has 1 N–H and O–H groups in total. The van der Waals surface area contributed by atoms with Gasteiger partial charge in [-0.3, -0.25) is 9.78 Å². The number of thiophene rings is 1. The van der Waals surface area contributed by atoms with Crippen LogP contribution in [0.5, 0.6) is 0 Å². The van der Waals surface area contributed by atoms with E-state index < -0.39 is 5.60 Å². The molecule has 9 heteroatoms. The number of carbonyl (C=O) groups excluding carboxylic acids is 2. The maximum absolute atomic E-state index is 13.0. The minimum atomic E-state index is -0.523. The predicted molar refractivity (Wildman–Crippen MR) is 134 cm³/mol. The van der Waals surface area contributed by atoms with E-state index in [0.29, 0.717) is 37.6 Å². The van der Waals surface area contributed by atoms with E-state index in [1.165, 1.54) is 4.88 Å². The molecule has 3 aromatic rings. The van der Waals surface area contributed by atoms with Gasteiger partial charge in [0.15, 0.2) is 0 Å². The number of hydrogen-bond donors (Lipinski definition) is 1. The molecule has 0 radical (unpaired) electrons. The van der Waals surface area contributed by atoms with Crippen molar-refractivity contribution in [3.05, 3.63) is 59.4 Å². The van der Waals surface area contributed by atoms with Crippen LogP contribution in [0.15, 0.2) is 48.8 Å². The van der Waals surface area contributed by atoms with Gasteiger partial charge >= 0.3 is 6.09 Å². The Labute approximate surface area is 203 Å². The number of ether oxygens (including phenoxy) is 1. The Morgan fingerprint density at radius 3 is 2.50 bits per heavy atom. The molecule has 1 aliphatic heterocycles. The van der Waals surface area contributed by atoms with Gasteiger partial charge in [0.05, 0.1) is 28.1 Å². The first kappa shape index (κ1) is 23.7. The lowest BCUT2D eigenvalue weighted by Crippen LogP contribution is -2.50. The van der Waals surface area contributed by atoms with Crippen molar-refractivity contribution < 1.29 is 14.3 Å². The minimum Gasteiger partial charge on any atom is -0.444 e. The van der Waals surface area contributed by atoms with Gasteiger partial charge in [-0.2, -0.15) is 0 Å². The summed E-state index contributed by atoms with van der Waals surface area (Å²) in [5, 5.41) is 2.97. The Hall–Kier alpha value is -3.46. The Kier molecular flexibility index (Phi) is 6.83. The van der Waals surface area contributed by atoms with E-state index in [-0.39, 0.29) is 12.0 Å². The first-order chi connectivity index (χ1) is 16.2. The van der Waals surface area contributed by atoms with E-state index >= 15 is 0 Å². The summed E-state index contributed by atoms with van der Waals surface area (Å²) in [4.78, 5) is 40.2. The summed E-state index contributed by atoms with van der Waals surface area (Å²) in [5.41, 5.74) is 2.06. The number of aromatic nitrogens is 2. The lowest BCUT2D eigenvalue weighted by atomic mass is 10.2. The van der Waals surface area contributed by atoms with E-state index in [0.717, 1.165) is 16.3 Å². The molecule has 1 aliphatic rings. The van der Waals surface area contributed by atoms with Crippen molar-refractivity contribution in [1.82, 2.24) is 14.9 Å². The van der Waals surface area contributed by atoms with Gasteiger partial charge in [0.25, 0.3) is 5.91 Å². The highest BCUT2D eigenvalue weighted by Crippen LogP contribution is 2.28. The summed E-state index contributed by atoms with van der Waals surface area (Å²) in [7, 11) is 0. The van der Waals surface area contributed by atoms with Crippen LogP contribution in [-0.4, -0.2) is 58.6 Å². The maximum atomic E-state index is 13.0. The van der Waals surface area contributed by atoms with E-state index in [4.69, 9.17) is 4.74 Å². The third-order valence-corrected chi connectivity index (χ3v) is 6.32. The Balaban J connectivity index is 1.44. The highest BCUT2D eigenvalue weighted by molar-refractivity contribution is 7.15. The zero-order valence-electron chi connectivity index (χ0n) is 19.9. The fourth-order valence-corrected chi connectivity index (χ4v) is 4.51. The molecule has 0 aromatic carbocycles. The number of aryl methyl sites for hydroxylation is 1. The fourth-order valence-electron chi connectivity index (χ4n) is 3.67. The molecule has 34 heavy (non-hydrogen) atoms. The first-order valence-corrected chi connectivity index (χ1v) is 12.0. The molecule has 4 heterocycles. The van der Waals surface area contributed by atoms with Crippen LogP contribution in [0.2, 0.25) is 0 Å². The normalized spacial score (nSPS) is 14.1. The van der Waals surface area contributed by atoms with Crippen molar-refractivity contribution in [3.63, 3.8) is 0 Å². The van der Waals surface area contributed by atoms with Gasteiger partial charge in [-0.1, -0.05) is 6.07 Å². The molecule has 0 atom stereocenters. The topological polar surface area (TPSA) is 87.7 Å². The molecule has 4 rings (SSSR count). The van der Waals surface area contributed by atoms with Crippen molar-refractivity contribution >= 4 is 34.7 Å². The molecule has 0 saturated carbocycles. The van der Waals surface area contributed by atoms with Gasteiger partial charge < -0.3 is 19.9 Å². The van der Waals surface area contributed by atoms with Crippen molar-refractivity contribution in [2.24, 2.45) is 0 Å². The number of hydrogen-bond acceptors (Lipinski definition) is 7. The molecule has 0 aliphatic carbocycles. The molecule has 0 spiro atoms. The Bertz CT molecular complexity index is 1180. The van der Waals surface area contributed by atoms with Crippen LogP contribution < -0.4 is 10.2 Å². The summed E-state index contributed by atoms with van der Waals surface area (Å²) in [5.74, 6) is -0.295. The monoisotopic (exact) mass is 479 g/mol. The molecule has 0 unspecified atom stereocenters. The summed E-state index contributed by atoms with van der Waals surface area (Å²) in [6.07, 6.45) is 3.03. The first-order valence-electron chi connectivity index (χ1n) is 11.2. The molecule has 8 nitrogen and oxygen atoms in total. The standard InChI is InChI=1S/C25H29N5O3S/c1-17-8-9-22(34-17)18-6-5-7-19(27-18)23(31)28-20-16-26-11-10-21(20)29-12-14-30(15-13-29)24(32)33-25(2,3)4/h5-11,16H,12-15H2,1-4H3,(H,28,31). The zero-order valence-corrected chi connectivity index (χ0v) is 20.7. The highest BCUT2D eigenvalue weighted by atomic mass is 32.1. The quantitative estimate of drug-likeness (QED) is 0.577. The molecule has 3 aromatic heterocycles. The molecule has 1 fully saturated rings. The van der Waals surface area contributed by atoms with E-state index in [9.17, 15) is 9.59 Å². The zero-order chi connectivity index (χ0) is 24.3. The smallest absolute Gasteiger partial charge is 0.410 e. The van der Waals surface area contributed by atoms with E-state index in [2.05, 4.69) is 20.2 Å². The van der Waals surface area contributed by atoms with Gasteiger partial charge in [-0.25, -0.2) is 9.78 Å².